The molecule has 0 bridgehead atoms. The Bertz CT molecular complexity index is 2640. The van der Waals surface area contributed by atoms with Gasteiger partial charge in [-0.05, 0) is 75.2 Å². The van der Waals surface area contributed by atoms with Crippen molar-refractivity contribution in [2.75, 3.05) is 0 Å². The summed E-state index contributed by atoms with van der Waals surface area (Å²) in [6.07, 6.45) is 3.59. The molecule has 8 rings (SSSR count). The van der Waals surface area contributed by atoms with E-state index in [1.807, 2.05) is 47.2 Å². The predicted octanol–water partition coefficient (Wildman–Crippen LogP) is 11.6. The molecule has 8 aromatic rings. The van der Waals surface area contributed by atoms with E-state index >= 15 is 0 Å². The van der Waals surface area contributed by atoms with Gasteiger partial charge in [-0.2, -0.15) is 35.9 Å². The number of nitrogens with zero attached hydrogens (tertiary/aromatic N) is 4. The van der Waals surface area contributed by atoms with E-state index in [0.717, 1.165) is 55.5 Å². The molecule has 0 spiro atoms. The quantitative estimate of drug-likeness (QED) is 0.147. The minimum absolute atomic E-state index is 0. The summed E-state index contributed by atoms with van der Waals surface area (Å²) in [7, 11) is 0. The van der Waals surface area contributed by atoms with Crippen LogP contribution in [0.15, 0.2) is 122 Å². The van der Waals surface area contributed by atoms with Gasteiger partial charge in [0.2, 0.25) is 0 Å². The monoisotopic (exact) mass is 849 g/mol. The van der Waals surface area contributed by atoms with E-state index in [-0.39, 0.29) is 21.1 Å². The number of benzene rings is 5. The van der Waals surface area contributed by atoms with Crippen LogP contribution in [0.5, 0.6) is 0 Å². The van der Waals surface area contributed by atoms with Gasteiger partial charge in [0.1, 0.15) is 5.82 Å². The average Bonchev–Trinajstić information content (AvgIpc) is 3.71. The zero-order chi connectivity index (χ0) is 37.2. The van der Waals surface area contributed by atoms with Crippen molar-refractivity contribution in [3.8, 4) is 22.6 Å². The number of aryl methyl sites for hydroxylation is 1. The largest absolute Gasteiger partial charge is 0.319 e. The van der Waals surface area contributed by atoms with Crippen LogP contribution in [-0.2, 0) is 33.5 Å². The second-order valence-electron chi connectivity index (χ2n) is 14.4. The molecule has 0 saturated heterocycles. The van der Waals surface area contributed by atoms with Crippen LogP contribution in [0.3, 0.4) is 0 Å². The molecule has 0 aliphatic carbocycles. The smallest absolute Gasteiger partial charge is 0.188 e. The Morgan fingerprint density at radius 3 is 2.10 bits per heavy atom. The minimum Gasteiger partial charge on any atom is -0.319 e. The fourth-order valence-corrected chi connectivity index (χ4v) is 7.49. The van der Waals surface area contributed by atoms with Gasteiger partial charge in [-0.25, -0.2) is 14.1 Å². The molecule has 0 radical (unpaired) electrons. The van der Waals surface area contributed by atoms with Crippen molar-refractivity contribution < 1.29 is 25.2 Å². The summed E-state index contributed by atoms with van der Waals surface area (Å²) >= 11 is 0. The molecule has 5 heteroatoms. The zero-order valence-electron chi connectivity index (χ0n) is 32.8. The van der Waals surface area contributed by atoms with Crippen molar-refractivity contribution in [1.29, 1.82) is 0 Å². The van der Waals surface area contributed by atoms with Gasteiger partial charge in [-0.3, -0.25) is 0 Å². The Balaban J connectivity index is 0.00000450. The van der Waals surface area contributed by atoms with Gasteiger partial charge in [-0.15, -0.1) is 23.1 Å². The summed E-state index contributed by atoms with van der Waals surface area (Å²) in [5.74, 6) is 1.60. The molecule has 3 heterocycles. The average molecular weight is 850 g/mol. The van der Waals surface area contributed by atoms with Crippen LogP contribution in [-0.4, -0.2) is 18.7 Å². The van der Waals surface area contributed by atoms with Crippen LogP contribution < -0.4 is 0 Å². The second-order valence-corrected chi connectivity index (χ2v) is 14.4. The molecule has 0 fully saturated rings. The molecule has 0 saturated carbocycles. The SMILES string of the molecule is [2H]C([2H])([2H])n1[cH+]n(-c2[c-]c(C(C)(C)c3[c-]c4c(cc3)c3ccccc3n4-c3cc(-c4c(C(C)C)cccc4C(C)C)ccn3)ccc2)c2ccccc21.[Pt]. The Hall–Kier alpha value is -4.79. The van der Waals surface area contributed by atoms with E-state index in [1.54, 1.807) is 6.33 Å². The molecule has 51 heavy (non-hydrogen) atoms. The van der Waals surface area contributed by atoms with Gasteiger partial charge < -0.3 is 4.57 Å². The van der Waals surface area contributed by atoms with E-state index in [0.29, 0.717) is 17.4 Å². The summed E-state index contributed by atoms with van der Waals surface area (Å²) < 4.78 is 29.9. The van der Waals surface area contributed by atoms with Gasteiger partial charge >= 0.3 is 0 Å². The molecule has 0 unspecified atom stereocenters. The molecule has 258 valence electrons. The van der Waals surface area contributed by atoms with Crippen LogP contribution in [0.1, 0.15) is 79.7 Å². The van der Waals surface area contributed by atoms with E-state index < -0.39 is 12.4 Å². The van der Waals surface area contributed by atoms with Crippen molar-refractivity contribution in [2.24, 2.45) is 6.98 Å². The topological polar surface area (TPSA) is 27.7 Å². The van der Waals surface area contributed by atoms with Crippen molar-refractivity contribution in [3.63, 3.8) is 0 Å². The third-order valence-electron chi connectivity index (χ3n) is 10.2. The van der Waals surface area contributed by atoms with Gasteiger partial charge in [0.05, 0.1) is 0 Å². The predicted molar refractivity (Wildman–Crippen MR) is 209 cm³/mol. The molecule has 5 aromatic carbocycles. The first-order chi connectivity index (χ1) is 25.3. The number of rotatable bonds is 7. The maximum atomic E-state index is 8.14. The van der Waals surface area contributed by atoms with Gasteiger partial charge in [-0.1, -0.05) is 83.5 Å². The molecule has 4 nitrogen and oxygen atoms in total. The molecule has 0 aliphatic heterocycles. The molecule has 0 N–H and O–H groups in total. The Kier molecular flexibility index (Phi) is 8.14. The molecule has 0 aliphatic rings. The summed E-state index contributed by atoms with van der Waals surface area (Å²) in [6.45, 7) is 11.1. The van der Waals surface area contributed by atoms with E-state index in [4.69, 9.17) is 9.10 Å². The molecule has 0 amide bonds. The van der Waals surface area contributed by atoms with E-state index in [1.165, 1.54) is 21.3 Å². The number of imidazole rings is 1. The molecule has 0 atom stereocenters. The summed E-state index contributed by atoms with van der Waals surface area (Å²) in [4.78, 5) is 4.99. The number of hydrogen-bond donors (Lipinski definition) is 0. The maximum Gasteiger partial charge on any atom is 0.188 e. The molecular weight excluding hydrogens is 804 g/mol. The van der Waals surface area contributed by atoms with Gasteiger partial charge in [0.15, 0.2) is 17.4 Å². The van der Waals surface area contributed by atoms with Crippen molar-refractivity contribution >= 4 is 32.8 Å². The summed E-state index contributed by atoms with van der Waals surface area (Å²) in [6, 6.07) is 45.1. The third-order valence-corrected chi connectivity index (χ3v) is 10.2. The van der Waals surface area contributed by atoms with Crippen molar-refractivity contribution in [3.05, 3.63) is 156 Å². The number of hydrogen-bond acceptors (Lipinski definition) is 1. The minimum atomic E-state index is -2.31. The fraction of sp³-hybridized carbons (Fsp3) is 0.217. The van der Waals surface area contributed by atoms with Crippen LogP contribution in [0.4, 0.5) is 0 Å². The van der Waals surface area contributed by atoms with Crippen LogP contribution in [0.2, 0.25) is 0 Å². The van der Waals surface area contributed by atoms with E-state index in [2.05, 4.69) is 131 Å². The summed E-state index contributed by atoms with van der Waals surface area (Å²) in [5, 5.41) is 2.26. The zero-order valence-corrected chi connectivity index (χ0v) is 32.1. The number of para-hydroxylation sites is 3. The normalized spacial score (nSPS) is 13.1. The third kappa shape index (κ3) is 5.84. The molecule has 3 aromatic heterocycles. The standard InChI is InChI=1S/C46H43N4.Pt/c1-30(2)36-17-13-18-37(31(3)4)45(36)32-24-25-47-44(26-32)50-40-19-9-8-16-38(40)39-23-22-34(28-43(39)50)46(5,6)33-14-12-15-35(27-33)49-29-48(7)41-20-10-11-21-42(41)49;/h8-26,29-31H,1-7H3;/q-1;/i7D3;. The van der Waals surface area contributed by atoms with E-state index in [9.17, 15) is 0 Å². The van der Waals surface area contributed by atoms with Gasteiger partial charge in [0, 0.05) is 61.7 Å². The Labute approximate surface area is 319 Å². The number of pyridine rings is 1. The van der Waals surface area contributed by atoms with Crippen LogP contribution in [0, 0.1) is 12.1 Å². The fourth-order valence-electron chi connectivity index (χ4n) is 7.49. The molecular formula is C46H43N4Pt-. The first kappa shape index (κ1) is 31.0. The first-order valence-electron chi connectivity index (χ1n) is 19.0. The van der Waals surface area contributed by atoms with Crippen LogP contribution >= 0.6 is 0 Å². The number of aromatic nitrogens is 4. The van der Waals surface area contributed by atoms with Crippen LogP contribution in [0.25, 0.3) is 55.5 Å². The van der Waals surface area contributed by atoms with Crippen molar-refractivity contribution in [1.82, 2.24) is 18.7 Å². The van der Waals surface area contributed by atoms with Gasteiger partial charge in [0.25, 0.3) is 0 Å². The maximum absolute atomic E-state index is 8.14. The first-order valence-corrected chi connectivity index (χ1v) is 17.5. The second kappa shape index (κ2) is 13.4. The Morgan fingerprint density at radius 1 is 0.706 bits per heavy atom. The Morgan fingerprint density at radius 2 is 1.37 bits per heavy atom. The number of fused-ring (bicyclic) bond motifs is 4. The summed E-state index contributed by atoms with van der Waals surface area (Å²) in [5.41, 5.74) is 10.9. The van der Waals surface area contributed by atoms with Crippen molar-refractivity contribution in [2.45, 2.75) is 58.8 Å².